The van der Waals surface area contributed by atoms with Crippen LogP contribution in [-0.2, 0) is 15.9 Å². The lowest BCUT2D eigenvalue weighted by Crippen LogP contribution is -2.08. The first-order valence-corrected chi connectivity index (χ1v) is 5.63. The summed E-state index contributed by atoms with van der Waals surface area (Å²) >= 11 is -2.07. The fourth-order valence-corrected chi connectivity index (χ4v) is 1.86. The first-order valence-electron chi connectivity index (χ1n) is 4.52. The number of aryl methyl sites for hydroxylation is 1. The van der Waals surface area contributed by atoms with Crippen LogP contribution in [0.3, 0.4) is 0 Å². The van der Waals surface area contributed by atoms with Crippen molar-refractivity contribution in [2.24, 2.45) is 0 Å². The number of anilines is 1. The first kappa shape index (κ1) is 12.7. The summed E-state index contributed by atoms with van der Waals surface area (Å²) in [4.78, 5) is 11.2. The minimum Gasteiger partial charge on any atom is -0.495 e. The molecular weight excluding hydrogens is 230 g/mol. The molecule has 0 fully saturated rings. The summed E-state index contributed by atoms with van der Waals surface area (Å²) in [6, 6.07) is 3.04. The summed E-state index contributed by atoms with van der Waals surface area (Å²) < 4.78 is 25.0. The smallest absolute Gasteiger partial charge is 0.221 e. The third kappa shape index (κ3) is 2.80. The van der Waals surface area contributed by atoms with Gasteiger partial charge in [0.15, 0.2) is 11.1 Å². The van der Waals surface area contributed by atoms with Gasteiger partial charge in [-0.2, -0.15) is 0 Å². The normalized spacial score (nSPS) is 12.0. The number of carbonyl (C=O) groups is 1. The van der Waals surface area contributed by atoms with Crippen molar-refractivity contribution in [3.05, 3.63) is 17.7 Å². The highest BCUT2D eigenvalue weighted by atomic mass is 32.2. The van der Waals surface area contributed by atoms with E-state index in [1.165, 1.54) is 20.1 Å². The molecule has 6 heteroatoms. The van der Waals surface area contributed by atoms with Crippen LogP contribution in [0.2, 0.25) is 0 Å². The lowest BCUT2D eigenvalue weighted by atomic mass is 10.2. The van der Waals surface area contributed by atoms with Crippen LogP contribution < -0.4 is 10.1 Å². The Morgan fingerprint density at radius 1 is 1.50 bits per heavy atom. The molecule has 16 heavy (non-hydrogen) atoms. The van der Waals surface area contributed by atoms with E-state index in [1.807, 2.05) is 0 Å². The van der Waals surface area contributed by atoms with E-state index in [0.29, 0.717) is 17.0 Å². The second-order valence-electron chi connectivity index (χ2n) is 3.25. The number of nitrogens with one attached hydrogen (secondary N) is 1. The number of rotatable bonds is 3. The van der Waals surface area contributed by atoms with Crippen LogP contribution in [0.1, 0.15) is 12.5 Å². The number of hydrogen-bond acceptors (Lipinski definition) is 3. The molecule has 1 rings (SSSR count). The van der Waals surface area contributed by atoms with Crippen LogP contribution >= 0.6 is 0 Å². The van der Waals surface area contributed by atoms with E-state index in [4.69, 9.17) is 9.29 Å². The van der Waals surface area contributed by atoms with Gasteiger partial charge in [0.25, 0.3) is 0 Å². The lowest BCUT2D eigenvalue weighted by Gasteiger charge is -2.11. The molecule has 0 spiro atoms. The molecule has 1 aromatic carbocycles. The van der Waals surface area contributed by atoms with Gasteiger partial charge in [0.05, 0.1) is 17.7 Å². The highest BCUT2D eigenvalue weighted by Gasteiger charge is 2.12. The van der Waals surface area contributed by atoms with Gasteiger partial charge in [0.1, 0.15) is 5.75 Å². The topological polar surface area (TPSA) is 75.6 Å². The maximum atomic E-state index is 11.0. The van der Waals surface area contributed by atoms with Gasteiger partial charge in [-0.1, -0.05) is 0 Å². The molecule has 0 aliphatic carbocycles. The number of amides is 1. The van der Waals surface area contributed by atoms with Gasteiger partial charge in [0, 0.05) is 13.0 Å². The highest BCUT2D eigenvalue weighted by Crippen LogP contribution is 2.29. The maximum Gasteiger partial charge on any atom is 0.221 e. The third-order valence-corrected chi connectivity index (χ3v) is 2.81. The van der Waals surface area contributed by atoms with Crippen molar-refractivity contribution in [3.63, 3.8) is 0 Å². The highest BCUT2D eigenvalue weighted by molar-refractivity contribution is 7.79. The Labute approximate surface area is 96.1 Å². The molecule has 0 aliphatic rings. The summed E-state index contributed by atoms with van der Waals surface area (Å²) in [7, 11) is 1.43. The quantitative estimate of drug-likeness (QED) is 0.790. The van der Waals surface area contributed by atoms with E-state index in [2.05, 4.69) is 5.32 Å². The Hall–Kier alpha value is -1.40. The molecule has 0 bridgehead atoms. The van der Waals surface area contributed by atoms with Crippen molar-refractivity contribution in [1.29, 1.82) is 0 Å². The Balaban J connectivity index is 3.26. The summed E-state index contributed by atoms with van der Waals surface area (Å²) in [6.07, 6.45) is 0. The molecule has 0 saturated carbocycles. The van der Waals surface area contributed by atoms with Crippen molar-refractivity contribution in [2.45, 2.75) is 18.7 Å². The molecule has 0 radical (unpaired) electrons. The van der Waals surface area contributed by atoms with E-state index in [0.717, 1.165) is 0 Å². The standard InChI is InChI=1S/C10H13NO4S/c1-6-4-8(11-7(2)12)9(15-3)5-10(6)16(13)14/h4-5H,1-3H3,(H,11,12)(H,13,14). The van der Waals surface area contributed by atoms with Crippen molar-refractivity contribution in [3.8, 4) is 5.75 Å². The van der Waals surface area contributed by atoms with Gasteiger partial charge in [-0.15, -0.1) is 0 Å². The van der Waals surface area contributed by atoms with Crippen molar-refractivity contribution in [2.75, 3.05) is 12.4 Å². The van der Waals surface area contributed by atoms with E-state index in [-0.39, 0.29) is 10.8 Å². The number of methoxy groups -OCH3 is 1. The number of carbonyl (C=O) groups excluding carboxylic acids is 1. The third-order valence-electron chi connectivity index (χ3n) is 2.00. The number of benzene rings is 1. The second-order valence-corrected chi connectivity index (χ2v) is 4.19. The first-order chi connectivity index (χ1) is 7.45. The fraction of sp³-hybridized carbons (Fsp3) is 0.300. The Morgan fingerprint density at radius 3 is 2.56 bits per heavy atom. The Kier molecular flexibility index (Phi) is 4.03. The van der Waals surface area contributed by atoms with E-state index >= 15 is 0 Å². The maximum absolute atomic E-state index is 11.0. The molecule has 0 aromatic heterocycles. The van der Waals surface area contributed by atoms with Crippen molar-refractivity contribution < 1.29 is 18.3 Å². The zero-order valence-corrected chi connectivity index (χ0v) is 10.1. The minimum absolute atomic E-state index is 0.226. The monoisotopic (exact) mass is 243 g/mol. The molecule has 1 atom stereocenters. The van der Waals surface area contributed by atoms with Gasteiger partial charge in [-0.3, -0.25) is 4.79 Å². The second kappa shape index (κ2) is 5.09. The van der Waals surface area contributed by atoms with E-state index in [9.17, 15) is 9.00 Å². The van der Waals surface area contributed by atoms with E-state index in [1.54, 1.807) is 13.0 Å². The molecule has 2 N–H and O–H groups in total. The molecule has 88 valence electrons. The number of hydrogen-bond donors (Lipinski definition) is 2. The summed E-state index contributed by atoms with van der Waals surface area (Å²) in [5.74, 6) is 0.133. The fourth-order valence-electron chi connectivity index (χ4n) is 1.31. The van der Waals surface area contributed by atoms with Crippen LogP contribution in [0.15, 0.2) is 17.0 Å². The van der Waals surface area contributed by atoms with Gasteiger partial charge in [-0.05, 0) is 18.6 Å². The van der Waals surface area contributed by atoms with E-state index < -0.39 is 11.1 Å². The predicted octanol–water partition coefficient (Wildman–Crippen LogP) is 1.54. The van der Waals surface area contributed by atoms with Crippen molar-refractivity contribution in [1.82, 2.24) is 0 Å². The molecule has 0 saturated heterocycles. The van der Waals surface area contributed by atoms with Crippen LogP contribution in [0, 0.1) is 6.92 Å². The van der Waals surface area contributed by atoms with Crippen molar-refractivity contribution >= 4 is 22.7 Å². The predicted molar refractivity (Wildman–Crippen MR) is 61.1 cm³/mol. The van der Waals surface area contributed by atoms with Gasteiger partial charge in [0.2, 0.25) is 5.91 Å². The summed E-state index contributed by atoms with van der Waals surface area (Å²) in [5.41, 5.74) is 1.10. The van der Waals surface area contributed by atoms with Crippen LogP contribution in [0.4, 0.5) is 5.69 Å². The SMILES string of the molecule is COc1cc(S(=O)O)c(C)cc1NC(C)=O. The average molecular weight is 243 g/mol. The molecule has 5 nitrogen and oxygen atoms in total. The van der Waals surface area contributed by atoms with Crippen LogP contribution in [0.25, 0.3) is 0 Å². The number of ether oxygens (including phenoxy) is 1. The molecule has 1 unspecified atom stereocenters. The zero-order chi connectivity index (χ0) is 12.3. The zero-order valence-electron chi connectivity index (χ0n) is 9.23. The average Bonchev–Trinajstić information content (AvgIpc) is 2.16. The summed E-state index contributed by atoms with van der Waals surface area (Å²) in [5, 5.41) is 2.59. The molecule has 1 aromatic rings. The summed E-state index contributed by atoms with van der Waals surface area (Å²) in [6.45, 7) is 3.07. The van der Waals surface area contributed by atoms with Gasteiger partial charge >= 0.3 is 0 Å². The van der Waals surface area contributed by atoms with Crippen LogP contribution in [-0.4, -0.2) is 21.8 Å². The Morgan fingerprint density at radius 2 is 2.12 bits per heavy atom. The molecular formula is C10H13NO4S. The molecule has 0 heterocycles. The van der Waals surface area contributed by atoms with Gasteiger partial charge in [-0.25, -0.2) is 4.21 Å². The molecule has 0 aliphatic heterocycles. The van der Waals surface area contributed by atoms with Crippen LogP contribution in [0.5, 0.6) is 5.75 Å². The molecule has 1 amide bonds. The van der Waals surface area contributed by atoms with Gasteiger partial charge < -0.3 is 14.6 Å². The minimum atomic E-state index is -2.07. The largest absolute Gasteiger partial charge is 0.495 e. The lowest BCUT2D eigenvalue weighted by molar-refractivity contribution is -0.114. The Bertz CT molecular complexity index is 445.